The number of rotatable bonds is 23. The first-order valence-corrected chi connectivity index (χ1v) is 21.4. The van der Waals surface area contributed by atoms with Crippen LogP contribution in [0.5, 0.6) is 17.2 Å². The van der Waals surface area contributed by atoms with Crippen molar-refractivity contribution in [3.05, 3.63) is 88.0 Å². The summed E-state index contributed by atoms with van der Waals surface area (Å²) in [6, 6.07) is 16.1. The van der Waals surface area contributed by atoms with Gasteiger partial charge in [0.1, 0.15) is 22.8 Å². The fourth-order valence-electron chi connectivity index (χ4n) is 6.86. The molecule has 0 fully saturated rings. The quantitative estimate of drug-likeness (QED) is 0.0566. The zero-order chi connectivity index (χ0) is 41.4. The molecule has 0 amide bonds. The lowest BCUT2D eigenvalue weighted by atomic mass is 9.75. The number of benzene rings is 3. The van der Waals surface area contributed by atoms with Crippen molar-refractivity contribution in [2.45, 2.75) is 169 Å². The summed E-state index contributed by atoms with van der Waals surface area (Å²) >= 11 is 0. The molecule has 310 valence electrons. The molecule has 7 nitrogen and oxygen atoms in total. The largest absolute Gasteiger partial charge is 0.507 e. The molecule has 1 unspecified atom stereocenters. The molecule has 0 aliphatic rings. The highest BCUT2D eigenvalue weighted by Gasteiger charge is 2.43. The number of phenolic OH excluding ortho intramolecular Hbond substituents is 1. The number of carbonyl (C=O) groups is 1. The van der Waals surface area contributed by atoms with Crippen molar-refractivity contribution < 1.29 is 29.2 Å². The lowest BCUT2D eigenvalue weighted by Crippen LogP contribution is -2.39. The standard InChI is InChI=1S/C49H73NO6/c1-11-14-16-18-20-22-30-55-44-28-25-39(47(5,6)7)33-41(44)49(53,36(4)50-35-38-32-37(24-27-43(38)51)46(52)54-13-3)42-34-40(48(8,9)10)26-29-45(42)56-31-23-21-19-17-15-12-2/h24-29,32-36,51,53H,11-23,30-31H2,1-10H3. The predicted octanol–water partition coefficient (Wildman–Crippen LogP) is 12.4. The number of carbonyl (C=O) groups excluding carboxylic acids is 1. The highest BCUT2D eigenvalue weighted by molar-refractivity contribution is 5.93. The third-order valence-electron chi connectivity index (χ3n) is 10.6. The van der Waals surface area contributed by atoms with Crippen LogP contribution in [0.15, 0.2) is 59.6 Å². The van der Waals surface area contributed by atoms with Gasteiger partial charge in [-0.3, -0.25) is 4.99 Å². The zero-order valence-electron chi connectivity index (χ0n) is 36.4. The van der Waals surface area contributed by atoms with E-state index in [1.54, 1.807) is 13.0 Å². The smallest absolute Gasteiger partial charge is 0.338 e. The normalized spacial score (nSPS) is 12.9. The molecule has 3 rings (SSSR count). The van der Waals surface area contributed by atoms with Gasteiger partial charge in [-0.05, 0) is 91.1 Å². The van der Waals surface area contributed by atoms with Crippen molar-refractivity contribution in [3.63, 3.8) is 0 Å². The van der Waals surface area contributed by atoms with Crippen LogP contribution in [-0.4, -0.2) is 48.3 Å². The zero-order valence-corrected chi connectivity index (χ0v) is 36.4. The molecule has 0 saturated heterocycles. The van der Waals surface area contributed by atoms with Crippen molar-refractivity contribution in [1.82, 2.24) is 0 Å². The number of aromatic hydroxyl groups is 1. The third-order valence-corrected chi connectivity index (χ3v) is 10.6. The summed E-state index contributed by atoms with van der Waals surface area (Å²) in [6.07, 6.45) is 15.2. The average molecular weight is 772 g/mol. The van der Waals surface area contributed by atoms with Crippen LogP contribution in [0.2, 0.25) is 0 Å². The molecule has 2 N–H and O–H groups in total. The minimum absolute atomic E-state index is 0.0343. The van der Waals surface area contributed by atoms with Crippen molar-refractivity contribution in [2.75, 3.05) is 19.8 Å². The lowest BCUT2D eigenvalue weighted by molar-refractivity contribution is 0.0515. The molecule has 0 radical (unpaired) electrons. The summed E-state index contributed by atoms with van der Waals surface area (Å²) in [4.78, 5) is 17.6. The number of nitrogens with zero attached hydrogens (tertiary/aromatic N) is 1. The second-order valence-corrected chi connectivity index (χ2v) is 17.4. The maximum atomic E-state index is 13.7. The van der Waals surface area contributed by atoms with Gasteiger partial charge >= 0.3 is 5.97 Å². The van der Waals surface area contributed by atoms with Crippen molar-refractivity contribution >= 4 is 12.2 Å². The van der Waals surface area contributed by atoms with Crippen LogP contribution in [0.4, 0.5) is 0 Å². The van der Waals surface area contributed by atoms with E-state index in [0.29, 0.717) is 47.0 Å². The van der Waals surface area contributed by atoms with E-state index in [-0.39, 0.29) is 23.2 Å². The summed E-state index contributed by atoms with van der Waals surface area (Å²) in [5.41, 5.74) is 1.80. The minimum atomic E-state index is -1.74. The summed E-state index contributed by atoms with van der Waals surface area (Å²) in [5.74, 6) is 0.689. The van der Waals surface area contributed by atoms with Gasteiger partial charge in [0.2, 0.25) is 0 Å². The molecule has 0 spiro atoms. The number of aliphatic imine (C=N–C) groups is 1. The Labute approximate surface area is 339 Å². The fraction of sp³-hybridized carbons (Fsp3) is 0.592. The molecule has 0 aliphatic carbocycles. The average Bonchev–Trinajstić information content (AvgIpc) is 3.15. The van der Waals surface area contributed by atoms with Crippen molar-refractivity contribution in [2.24, 2.45) is 4.99 Å². The Morgan fingerprint density at radius 3 is 1.59 bits per heavy atom. The molecule has 0 bridgehead atoms. The Hall–Kier alpha value is -3.84. The number of aliphatic hydroxyl groups is 1. The van der Waals surface area contributed by atoms with Crippen LogP contribution in [0.3, 0.4) is 0 Å². The van der Waals surface area contributed by atoms with Crippen molar-refractivity contribution in [3.8, 4) is 17.2 Å². The first-order chi connectivity index (χ1) is 26.6. The fourth-order valence-corrected chi connectivity index (χ4v) is 6.86. The summed E-state index contributed by atoms with van der Waals surface area (Å²) in [7, 11) is 0. The van der Waals surface area contributed by atoms with E-state index < -0.39 is 17.6 Å². The maximum absolute atomic E-state index is 13.7. The molecule has 3 aromatic rings. The highest BCUT2D eigenvalue weighted by Crippen LogP contribution is 2.46. The van der Waals surface area contributed by atoms with Crippen LogP contribution in [-0.2, 0) is 21.2 Å². The molecule has 56 heavy (non-hydrogen) atoms. The Bertz CT molecular complexity index is 1600. The highest BCUT2D eigenvalue weighted by atomic mass is 16.5. The Balaban J connectivity index is 2.25. The monoisotopic (exact) mass is 772 g/mol. The van der Waals surface area contributed by atoms with E-state index in [2.05, 4.69) is 79.7 Å². The molecule has 0 aromatic heterocycles. The number of ether oxygens (including phenoxy) is 3. The number of phenols is 1. The van der Waals surface area contributed by atoms with Gasteiger partial charge in [-0.15, -0.1) is 0 Å². The predicted molar refractivity (Wildman–Crippen MR) is 232 cm³/mol. The molecule has 7 heteroatoms. The summed E-state index contributed by atoms with van der Waals surface area (Å²) < 4.78 is 18.4. The molecule has 0 aliphatic heterocycles. The van der Waals surface area contributed by atoms with E-state index in [1.165, 1.54) is 69.7 Å². The summed E-state index contributed by atoms with van der Waals surface area (Å²) in [5, 5.41) is 24.6. The SMILES string of the molecule is CCCCCCCCOc1ccc(C(C)(C)C)cc1C(O)(c1cc(C(C)(C)C)ccc1OCCCCCCCC)C(C)N=Cc1cc(C(=O)OCC)ccc1O. The second kappa shape index (κ2) is 22.2. The molecule has 1 atom stereocenters. The molecular weight excluding hydrogens is 699 g/mol. The van der Waals surface area contributed by atoms with Gasteiger partial charge < -0.3 is 24.4 Å². The van der Waals surface area contributed by atoms with Gasteiger partial charge in [-0.2, -0.15) is 0 Å². The van der Waals surface area contributed by atoms with E-state index in [4.69, 9.17) is 19.2 Å². The number of hydrogen-bond acceptors (Lipinski definition) is 7. The molecule has 0 saturated carbocycles. The topological polar surface area (TPSA) is 97.6 Å². The number of unbranched alkanes of at least 4 members (excludes halogenated alkanes) is 10. The lowest BCUT2D eigenvalue weighted by Gasteiger charge is -2.37. The van der Waals surface area contributed by atoms with E-state index >= 15 is 0 Å². The van der Waals surface area contributed by atoms with Crippen LogP contribution < -0.4 is 9.47 Å². The van der Waals surface area contributed by atoms with E-state index in [0.717, 1.165) is 36.8 Å². The summed E-state index contributed by atoms with van der Waals surface area (Å²) in [6.45, 7) is 22.4. The Morgan fingerprint density at radius 1 is 0.679 bits per heavy atom. The van der Waals surface area contributed by atoms with Gasteiger partial charge in [0.15, 0.2) is 0 Å². The minimum Gasteiger partial charge on any atom is -0.507 e. The van der Waals surface area contributed by atoms with Crippen LogP contribution in [0, 0.1) is 0 Å². The third kappa shape index (κ3) is 13.4. The van der Waals surface area contributed by atoms with Gasteiger partial charge in [0.25, 0.3) is 0 Å². The molecule has 0 heterocycles. The maximum Gasteiger partial charge on any atom is 0.338 e. The Kier molecular flexibility index (Phi) is 18.4. The first-order valence-electron chi connectivity index (χ1n) is 21.4. The first kappa shape index (κ1) is 46.5. The van der Waals surface area contributed by atoms with Crippen LogP contribution in [0.1, 0.15) is 184 Å². The second-order valence-electron chi connectivity index (χ2n) is 17.4. The van der Waals surface area contributed by atoms with Gasteiger partial charge in [0.05, 0.1) is 31.4 Å². The van der Waals surface area contributed by atoms with Gasteiger partial charge in [-0.25, -0.2) is 4.79 Å². The number of hydrogen-bond donors (Lipinski definition) is 2. The number of esters is 1. The van der Waals surface area contributed by atoms with Crippen LogP contribution in [0.25, 0.3) is 0 Å². The Morgan fingerprint density at radius 2 is 1.14 bits per heavy atom. The van der Waals surface area contributed by atoms with E-state index in [9.17, 15) is 15.0 Å². The van der Waals surface area contributed by atoms with Gasteiger partial charge in [0, 0.05) is 22.9 Å². The molecular formula is C49H73NO6. The van der Waals surface area contributed by atoms with Gasteiger partial charge in [-0.1, -0.05) is 132 Å². The van der Waals surface area contributed by atoms with Crippen LogP contribution >= 0.6 is 0 Å². The van der Waals surface area contributed by atoms with E-state index in [1.807, 2.05) is 19.1 Å². The van der Waals surface area contributed by atoms with Crippen molar-refractivity contribution in [1.29, 1.82) is 0 Å². The molecule has 3 aromatic carbocycles.